The largest absolute Gasteiger partial charge is 0.358 e. The van der Waals surface area contributed by atoms with Gasteiger partial charge in [-0.15, -0.1) is 0 Å². The average Bonchev–Trinajstić information content (AvgIpc) is 2.55. The number of para-hydroxylation sites is 1. The third-order valence-corrected chi connectivity index (χ3v) is 3.48. The molecule has 0 bridgehead atoms. The van der Waals surface area contributed by atoms with Gasteiger partial charge in [0.2, 0.25) is 0 Å². The molecular formula is C14H15NO. The molecule has 1 aromatic heterocycles. The number of aromatic nitrogens is 1. The van der Waals surface area contributed by atoms with E-state index in [-0.39, 0.29) is 0 Å². The predicted octanol–water partition coefficient (Wildman–Crippen LogP) is 3.39. The van der Waals surface area contributed by atoms with Crippen LogP contribution >= 0.6 is 0 Å². The van der Waals surface area contributed by atoms with Crippen LogP contribution in [0.1, 0.15) is 40.9 Å². The summed E-state index contributed by atoms with van der Waals surface area (Å²) >= 11 is 0. The van der Waals surface area contributed by atoms with Crippen LogP contribution in [0.2, 0.25) is 0 Å². The number of rotatable bonds is 0. The molecule has 2 aromatic rings. The second kappa shape index (κ2) is 3.48. The molecular weight excluding hydrogens is 198 g/mol. The molecule has 2 nitrogen and oxygen atoms in total. The molecule has 0 saturated heterocycles. The van der Waals surface area contributed by atoms with Gasteiger partial charge in [-0.25, -0.2) is 0 Å². The van der Waals surface area contributed by atoms with E-state index < -0.39 is 0 Å². The summed E-state index contributed by atoms with van der Waals surface area (Å²) in [5, 5.41) is 1.11. The van der Waals surface area contributed by atoms with Gasteiger partial charge in [-0.05, 0) is 31.7 Å². The maximum atomic E-state index is 12.1. The zero-order valence-corrected chi connectivity index (χ0v) is 9.47. The normalized spacial score (nSPS) is 16.2. The standard InChI is InChI=1S/C14H15NO/c1-9-5-4-6-10-13-11(15-14(9)10)7-2-3-8-12(13)16/h4-6,15H,2-3,7-8H2,1H3. The van der Waals surface area contributed by atoms with E-state index in [4.69, 9.17) is 0 Å². The number of carbonyl (C=O) groups excluding carboxylic acids is 1. The minimum Gasteiger partial charge on any atom is -0.358 e. The van der Waals surface area contributed by atoms with Gasteiger partial charge in [0.05, 0.1) is 0 Å². The van der Waals surface area contributed by atoms with Crippen LogP contribution in [0.4, 0.5) is 0 Å². The van der Waals surface area contributed by atoms with Crippen LogP contribution in [0.15, 0.2) is 18.2 Å². The highest BCUT2D eigenvalue weighted by Gasteiger charge is 2.20. The SMILES string of the molecule is Cc1cccc2c3c([nH]c12)CCCCC3=O. The lowest BCUT2D eigenvalue weighted by atomic mass is 10.0. The number of aromatic amines is 1. The molecule has 0 radical (unpaired) electrons. The lowest BCUT2D eigenvalue weighted by Crippen LogP contribution is -1.97. The van der Waals surface area contributed by atoms with Gasteiger partial charge in [0, 0.05) is 28.6 Å². The summed E-state index contributed by atoms with van der Waals surface area (Å²) in [6.07, 6.45) is 3.85. The number of benzene rings is 1. The Hall–Kier alpha value is -1.57. The molecule has 1 aliphatic rings. The van der Waals surface area contributed by atoms with E-state index in [0.29, 0.717) is 12.2 Å². The summed E-state index contributed by atoms with van der Waals surface area (Å²) in [6, 6.07) is 6.17. The Balaban J connectivity index is 2.35. The first-order valence-electron chi connectivity index (χ1n) is 5.91. The maximum absolute atomic E-state index is 12.1. The van der Waals surface area contributed by atoms with Gasteiger partial charge in [-0.1, -0.05) is 18.2 Å². The molecule has 0 atom stereocenters. The molecule has 0 unspecified atom stereocenters. The molecule has 16 heavy (non-hydrogen) atoms. The molecule has 1 N–H and O–H groups in total. The molecule has 0 saturated carbocycles. The number of ketones is 1. The van der Waals surface area contributed by atoms with Crippen molar-refractivity contribution in [1.82, 2.24) is 4.98 Å². The summed E-state index contributed by atoms with van der Waals surface area (Å²) < 4.78 is 0. The van der Waals surface area contributed by atoms with Crippen molar-refractivity contribution in [2.45, 2.75) is 32.6 Å². The molecule has 0 fully saturated rings. The smallest absolute Gasteiger partial charge is 0.165 e. The Morgan fingerprint density at radius 1 is 1.19 bits per heavy atom. The number of aryl methyl sites for hydroxylation is 2. The van der Waals surface area contributed by atoms with Gasteiger partial charge in [-0.2, -0.15) is 0 Å². The fourth-order valence-electron chi connectivity index (χ4n) is 2.64. The fourth-order valence-corrected chi connectivity index (χ4v) is 2.64. The quantitative estimate of drug-likeness (QED) is 0.668. The number of hydrogen-bond donors (Lipinski definition) is 1. The van der Waals surface area contributed by atoms with Crippen molar-refractivity contribution in [3.05, 3.63) is 35.0 Å². The van der Waals surface area contributed by atoms with Gasteiger partial charge in [0.25, 0.3) is 0 Å². The Morgan fingerprint density at radius 3 is 2.88 bits per heavy atom. The highest BCUT2D eigenvalue weighted by Crippen LogP contribution is 2.29. The summed E-state index contributed by atoms with van der Waals surface area (Å²) in [4.78, 5) is 15.5. The van der Waals surface area contributed by atoms with Gasteiger partial charge in [-0.3, -0.25) is 4.79 Å². The van der Waals surface area contributed by atoms with E-state index in [0.717, 1.165) is 41.4 Å². The van der Waals surface area contributed by atoms with Gasteiger partial charge < -0.3 is 4.98 Å². The predicted molar refractivity (Wildman–Crippen MR) is 64.9 cm³/mol. The first-order chi connectivity index (χ1) is 7.77. The van der Waals surface area contributed by atoms with E-state index in [1.54, 1.807) is 0 Å². The number of fused-ring (bicyclic) bond motifs is 3. The molecule has 1 heterocycles. The molecule has 3 rings (SSSR count). The van der Waals surface area contributed by atoms with E-state index in [9.17, 15) is 4.79 Å². The summed E-state index contributed by atoms with van der Waals surface area (Å²) in [5.41, 5.74) is 4.46. The second-order valence-corrected chi connectivity index (χ2v) is 4.61. The van der Waals surface area contributed by atoms with Gasteiger partial charge in [0.1, 0.15) is 0 Å². The minimum absolute atomic E-state index is 0.310. The molecule has 1 aromatic carbocycles. The van der Waals surface area contributed by atoms with Gasteiger partial charge >= 0.3 is 0 Å². The topological polar surface area (TPSA) is 32.9 Å². The molecule has 1 aliphatic carbocycles. The first-order valence-corrected chi connectivity index (χ1v) is 5.91. The van der Waals surface area contributed by atoms with E-state index in [1.165, 1.54) is 5.56 Å². The minimum atomic E-state index is 0.310. The zero-order chi connectivity index (χ0) is 11.1. The number of carbonyl (C=O) groups is 1. The van der Waals surface area contributed by atoms with E-state index >= 15 is 0 Å². The van der Waals surface area contributed by atoms with Crippen molar-refractivity contribution in [3.8, 4) is 0 Å². The monoisotopic (exact) mass is 213 g/mol. The summed E-state index contributed by atoms with van der Waals surface area (Å²) in [6.45, 7) is 2.09. The van der Waals surface area contributed by atoms with Crippen molar-refractivity contribution in [2.24, 2.45) is 0 Å². The highest BCUT2D eigenvalue weighted by atomic mass is 16.1. The third kappa shape index (κ3) is 1.29. The molecule has 2 heteroatoms. The average molecular weight is 213 g/mol. The number of nitrogens with one attached hydrogen (secondary N) is 1. The first kappa shape index (κ1) is 9.64. The Morgan fingerprint density at radius 2 is 2.00 bits per heavy atom. The Labute approximate surface area is 94.7 Å². The number of hydrogen-bond acceptors (Lipinski definition) is 1. The van der Waals surface area contributed by atoms with Crippen molar-refractivity contribution in [1.29, 1.82) is 0 Å². The van der Waals surface area contributed by atoms with Gasteiger partial charge in [0.15, 0.2) is 5.78 Å². The third-order valence-electron chi connectivity index (χ3n) is 3.48. The highest BCUT2D eigenvalue weighted by molar-refractivity contribution is 6.10. The number of Topliss-reactive ketones (excluding diaryl/α,β-unsaturated/α-hetero) is 1. The van der Waals surface area contributed by atoms with Crippen LogP contribution in [0.3, 0.4) is 0 Å². The molecule has 82 valence electrons. The Bertz CT molecular complexity index is 565. The Kier molecular flexibility index (Phi) is 2.10. The van der Waals surface area contributed by atoms with Crippen molar-refractivity contribution >= 4 is 16.7 Å². The van der Waals surface area contributed by atoms with Crippen molar-refractivity contribution in [2.75, 3.05) is 0 Å². The zero-order valence-electron chi connectivity index (χ0n) is 9.47. The summed E-state index contributed by atoms with van der Waals surface area (Å²) in [7, 11) is 0. The maximum Gasteiger partial charge on any atom is 0.165 e. The fraction of sp³-hybridized carbons (Fsp3) is 0.357. The molecule has 0 amide bonds. The lowest BCUT2D eigenvalue weighted by Gasteiger charge is -1.98. The van der Waals surface area contributed by atoms with Crippen molar-refractivity contribution < 1.29 is 4.79 Å². The second-order valence-electron chi connectivity index (χ2n) is 4.61. The van der Waals surface area contributed by atoms with Crippen LogP contribution in [-0.4, -0.2) is 10.8 Å². The molecule has 0 spiro atoms. The van der Waals surface area contributed by atoms with Crippen LogP contribution in [-0.2, 0) is 6.42 Å². The summed E-state index contributed by atoms with van der Waals surface area (Å²) in [5.74, 6) is 0.310. The lowest BCUT2D eigenvalue weighted by molar-refractivity contribution is 0.0983. The molecule has 0 aliphatic heterocycles. The van der Waals surface area contributed by atoms with Crippen LogP contribution in [0, 0.1) is 6.92 Å². The number of H-pyrrole nitrogens is 1. The van der Waals surface area contributed by atoms with Crippen LogP contribution in [0.25, 0.3) is 10.9 Å². The van der Waals surface area contributed by atoms with Crippen LogP contribution in [0.5, 0.6) is 0 Å². The van der Waals surface area contributed by atoms with Crippen molar-refractivity contribution in [3.63, 3.8) is 0 Å². The van der Waals surface area contributed by atoms with Crippen LogP contribution < -0.4 is 0 Å². The van der Waals surface area contributed by atoms with E-state index in [1.807, 2.05) is 6.07 Å². The van der Waals surface area contributed by atoms with E-state index in [2.05, 4.69) is 24.0 Å².